The molecule has 1 atom stereocenters. The average molecular weight is 287 g/mol. The van der Waals surface area contributed by atoms with Crippen molar-refractivity contribution >= 4 is 16.7 Å². The predicted molar refractivity (Wildman–Crippen MR) is 83.9 cm³/mol. The Morgan fingerprint density at radius 3 is 2.48 bits per heavy atom. The summed E-state index contributed by atoms with van der Waals surface area (Å²) in [6.45, 7) is 4.44. The lowest BCUT2D eigenvalue weighted by atomic mass is 10.1. The second kappa shape index (κ2) is 6.97. The molecule has 0 bridgehead atoms. The number of carbonyl (C=O) groups is 1. The first-order valence-electron chi connectivity index (χ1n) is 7.16. The van der Waals surface area contributed by atoms with Crippen LogP contribution in [0.1, 0.15) is 20.3 Å². The summed E-state index contributed by atoms with van der Waals surface area (Å²) in [5.41, 5.74) is 0. The molecule has 0 heterocycles. The molecule has 0 saturated carbocycles. The van der Waals surface area contributed by atoms with Crippen molar-refractivity contribution in [2.75, 3.05) is 13.7 Å². The van der Waals surface area contributed by atoms with Gasteiger partial charge in [0.1, 0.15) is 11.5 Å². The molecule has 0 aliphatic rings. The van der Waals surface area contributed by atoms with Crippen LogP contribution < -0.4 is 14.8 Å². The number of nitrogens with one attached hydrogen (secondary N) is 1. The first-order chi connectivity index (χ1) is 10.1. The van der Waals surface area contributed by atoms with Crippen molar-refractivity contribution in [1.29, 1.82) is 0 Å². The van der Waals surface area contributed by atoms with Crippen LogP contribution >= 0.6 is 0 Å². The number of fused-ring (bicyclic) bond motifs is 1. The Morgan fingerprint density at radius 1 is 1.14 bits per heavy atom. The van der Waals surface area contributed by atoms with Crippen molar-refractivity contribution in [1.82, 2.24) is 5.32 Å². The van der Waals surface area contributed by atoms with Crippen LogP contribution in [-0.4, -0.2) is 25.7 Å². The molecule has 1 amide bonds. The van der Waals surface area contributed by atoms with E-state index in [-0.39, 0.29) is 5.91 Å². The van der Waals surface area contributed by atoms with E-state index < -0.39 is 6.10 Å². The minimum atomic E-state index is -0.514. The number of methoxy groups -OCH3 is 1. The van der Waals surface area contributed by atoms with E-state index in [0.29, 0.717) is 12.3 Å². The number of benzene rings is 2. The van der Waals surface area contributed by atoms with Crippen molar-refractivity contribution in [3.8, 4) is 11.5 Å². The molecular formula is C17H21NO3. The van der Waals surface area contributed by atoms with E-state index in [2.05, 4.69) is 5.32 Å². The molecule has 112 valence electrons. The van der Waals surface area contributed by atoms with Gasteiger partial charge in [0, 0.05) is 6.54 Å². The maximum atomic E-state index is 11.8. The Labute approximate surface area is 125 Å². The molecule has 2 aromatic carbocycles. The first-order valence-corrected chi connectivity index (χ1v) is 7.16. The standard InChI is InChI=1S/C17H21NO3/c1-4-9-18-17(19)12(2)21-16-8-6-13-5-7-15(20-3)10-14(13)11-16/h5-8,10-12H,4,9H2,1-3H3,(H,18,19)/t12-/m1/s1. The SMILES string of the molecule is CCCNC(=O)[C@@H](C)Oc1ccc2ccc(OC)cc2c1. The molecule has 0 unspecified atom stereocenters. The van der Waals surface area contributed by atoms with Crippen molar-refractivity contribution in [2.45, 2.75) is 26.4 Å². The van der Waals surface area contributed by atoms with Gasteiger partial charge in [-0.1, -0.05) is 19.1 Å². The minimum absolute atomic E-state index is 0.0948. The zero-order chi connectivity index (χ0) is 15.2. The zero-order valence-electron chi connectivity index (χ0n) is 12.7. The van der Waals surface area contributed by atoms with Gasteiger partial charge in [0.05, 0.1) is 7.11 Å². The minimum Gasteiger partial charge on any atom is -0.497 e. The maximum absolute atomic E-state index is 11.8. The molecule has 21 heavy (non-hydrogen) atoms. The Morgan fingerprint density at radius 2 is 1.81 bits per heavy atom. The normalized spacial score (nSPS) is 12.0. The molecule has 0 aliphatic carbocycles. The van der Waals surface area contributed by atoms with Crippen LogP contribution in [0, 0.1) is 0 Å². The van der Waals surface area contributed by atoms with Crippen LogP contribution in [0.3, 0.4) is 0 Å². The first kappa shape index (κ1) is 15.2. The van der Waals surface area contributed by atoms with Crippen molar-refractivity contribution < 1.29 is 14.3 Å². The van der Waals surface area contributed by atoms with Crippen molar-refractivity contribution in [3.05, 3.63) is 36.4 Å². The Bertz CT molecular complexity index is 624. The lowest BCUT2D eigenvalue weighted by molar-refractivity contribution is -0.127. The predicted octanol–water partition coefficient (Wildman–Crippen LogP) is 3.14. The molecule has 4 heteroatoms. The fourth-order valence-corrected chi connectivity index (χ4v) is 2.05. The van der Waals surface area contributed by atoms with Gasteiger partial charge >= 0.3 is 0 Å². The van der Waals surface area contributed by atoms with Crippen LogP contribution in [0.5, 0.6) is 11.5 Å². The molecule has 4 nitrogen and oxygen atoms in total. The van der Waals surface area contributed by atoms with E-state index in [1.54, 1.807) is 14.0 Å². The third-order valence-electron chi connectivity index (χ3n) is 3.25. The highest BCUT2D eigenvalue weighted by Gasteiger charge is 2.13. The quantitative estimate of drug-likeness (QED) is 0.888. The fraction of sp³-hybridized carbons (Fsp3) is 0.353. The highest BCUT2D eigenvalue weighted by Crippen LogP contribution is 2.25. The van der Waals surface area contributed by atoms with E-state index in [4.69, 9.17) is 9.47 Å². The number of carbonyl (C=O) groups excluding carboxylic acids is 1. The molecule has 0 spiro atoms. The van der Waals surface area contributed by atoms with Gasteiger partial charge in [-0.25, -0.2) is 0 Å². The summed E-state index contributed by atoms with van der Waals surface area (Å²) in [7, 11) is 1.64. The summed E-state index contributed by atoms with van der Waals surface area (Å²) in [4.78, 5) is 11.8. The summed E-state index contributed by atoms with van der Waals surface area (Å²) in [5, 5.41) is 4.95. The van der Waals surface area contributed by atoms with Crippen molar-refractivity contribution in [2.24, 2.45) is 0 Å². The van der Waals surface area contributed by atoms with Crippen LogP contribution in [0.2, 0.25) is 0 Å². The van der Waals surface area contributed by atoms with Gasteiger partial charge in [-0.15, -0.1) is 0 Å². The van der Waals surface area contributed by atoms with E-state index >= 15 is 0 Å². The fourth-order valence-electron chi connectivity index (χ4n) is 2.05. The maximum Gasteiger partial charge on any atom is 0.260 e. The van der Waals surface area contributed by atoms with Crippen LogP contribution in [-0.2, 0) is 4.79 Å². The number of amides is 1. The molecule has 0 aliphatic heterocycles. The molecule has 0 radical (unpaired) electrons. The number of ether oxygens (including phenoxy) is 2. The Balaban J connectivity index is 2.13. The third kappa shape index (κ3) is 3.88. The summed E-state index contributed by atoms with van der Waals surface area (Å²) in [6, 6.07) is 11.6. The van der Waals surface area contributed by atoms with E-state index in [1.807, 2.05) is 43.3 Å². The summed E-state index contributed by atoms with van der Waals surface area (Å²) in [6.07, 6.45) is 0.397. The highest BCUT2D eigenvalue weighted by atomic mass is 16.5. The van der Waals surface area contributed by atoms with Gasteiger partial charge in [0.25, 0.3) is 5.91 Å². The van der Waals surface area contributed by atoms with Gasteiger partial charge in [0.15, 0.2) is 6.10 Å². The molecule has 0 aromatic heterocycles. The molecule has 1 N–H and O–H groups in total. The largest absolute Gasteiger partial charge is 0.497 e. The molecule has 2 aromatic rings. The highest BCUT2D eigenvalue weighted by molar-refractivity contribution is 5.85. The second-order valence-corrected chi connectivity index (χ2v) is 4.93. The van der Waals surface area contributed by atoms with Gasteiger partial charge < -0.3 is 14.8 Å². The Hall–Kier alpha value is -2.23. The van der Waals surface area contributed by atoms with E-state index in [0.717, 1.165) is 22.9 Å². The van der Waals surface area contributed by atoms with E-state index in [1.165, 1.54) is 0 Å². The summed E-state index contributed by atoms with van der Waals surface area (Å²) in [5.74, 6) is 1.38. The van der Waals surface area contributed by atoms with Gasteiger partial charge in [0.2, 0.25) is 0 Å². The molecule has 0 fully saturated rings. The lowest BCUT2D eigenvalue weighted by Crippen LogP contribution is -2.36. The van der Waals surface area contributed by atoms with Crippen LogP contribution in [0.25, 0.3) is 10.8 Å². The lowest BCUT2D eigenvalue weighted by Gasteiger charge is -2.15. The number of hydrogen-bond donors (Lipinski definition) is 1. The second-order valence-electron chi connectivity index (χ2n) is 4.93. The summed E-state index contributed by atoms with van der Waals surface area (Å²) >= 11 is 0. The average Bonchev–Trinajstić information content (AvgIpc) is 2.51. The van der Waals surface area contributed by atoms with Gasteiger partial charge in [-0.2, -0.15) is 0 Å². The number of rotatable bonds is 6. The molecular weight excluding hydrogens is 266 g/mol. The zero-order valence-corrected chi connectivity index (χ0v) is 12.7. The summed E-state index contributed by atoms with van der Waals surface area (Å²) < 4.78 is 10.9. The topological polar surface area (TPSA) is 47.6 Å². The van der Waals surface area contributed by atoms with Gasteiger partial charge in [-0.05, 0) is 48.4 Å². The number of hydrogen-bond acceptors (Lipinski definition) is 3. The van der Waals surface area contributed by atoms with E-state index in [9.17, 15) is 4.79 Å². The van der Waals surface area contributed by atoms with Crippen LogP contribution in [0.15, 0.2) is 36.4 Å². The molecule has 2 rings (SSSR count). The Kier molecular flexibility index (Phi) is 5.04. The smallest absolute Gasteiger partial charge is 0.260 e. The third-order valence-corrected chi connectivity index (χ3v) is 3.25. The van der Waals surface area contributed by atoms with Crippen LogP contribution in [0.4, 0.5) is 0 Å². The molecule has 0 saturated heterocycles. The van der Waals surface area contributed by atoms with Crippen molar-refractivity contribution in [3.63, 3.8) is 0 Å². The monoisotopic (exact) mass is 287 g/mol. The van der Waals surface area contributed by atoms with Gasteiger partial charge in [-0.3, -0.25) is 4.79 Å².